The predicted octanol–water partition coefficient (Wildman–Crippen LogP) is 4.26. The van der Waals surface area contributed by atoms with Crippen LogP contribution in [0.2, 0.25) is 0 Å². The van der Waals surface area contributed by atoms with Gasteiger partial charge in [-0.05, 0) is 56.4 Å². The number of likely N-dealkylation sites (tertiary alicyclic amines) is 1. The highest BCUT2D eigenvalue weighted by Gasteiger charge is 2.33. The molecule has 1 atom stereocenters. The van der Waals surface area contributed by atoms with Crippen LogP contribution >= 0.6 is 0 Å². The summed E-state index contributed by atoms with van der Waals surface area (Å²) in [5.41, 5.74) is 3.96. The van der Waals surface area contributed by atoms with E-state index >= 15 is 0 Å². The van der Waals surface area contributed by atoms with E-state index in [1.165, 1.54) is 0 Å². The van der Waals surface area contributed by atoms with Crippen LogP contribution in [-0.2, 0) is 14.3 Å². The molecule has 0 unspecified atom stereocenters. The van der Waals surface area contributed by atoms with Gasteiger partial charge < -0.3 is 10.1 Å². The molecule has 0 bridgehead atoms. The van der Waals surface area contributed by atoms with E-state index < -0.39 is 0 Å². The Morgan fingerprint density at radius 1 is 1.10 bits per heavy atom. The van der Waals surface area contributed by atoms with Crippen LogP contribution in [0.25, 0.3) is 0 Å². The zero-order valence-corrected chi connectivity index (χ0v) is 17.5. The molecule has 0 aliphatic carbocycles. The van der Waals surface area contributed by atoms with Crippen molar-refractivity contribution in [3.8, 4) is 0 Å². The molecule has 1 amide bonds. The molecular formula is C24H30N2O3. The van der Waals surface area contributed by atoms with Crippen molar-refractivity contribution in [3.05, 3.63) is 65.2 Å². The predicted molar refractivity (Wildman–Crippen MR) is 115 cm³/mol. The number of aryl methyl sites for hydroxylation is 2. The number of nitrogens with zero attached hydrogens (tertiary/aromatic N) is 1. The molecule has 2 aromatic carbocycles. The van der Waals surface area contributed by atoms with E-state index in [-0.39, 0.29) is 23.8 Å². The lowest BCUT2D eigenvalue weighted by Crippen LogP contribution is -2.43. The van der Waals surface area contributed by atoms with Gasteiger partial charge in [0.25, 0.3) is 0 Å². The van der Waals surface area contributed by atoms with Crippen molar-refractivity contribution in [3.63, 3.8) is 0 Å². The zero-order valence-electron chi connectivity index (χ0n) is 17.5. The SMILES string of the molecule is CCOC(=O)C1CCN([C@H](C(=O)Nc2cc(C)ccc2C)c2ccccc2)CC1. The van der Waals surface area contributed by atoms with E-state index in [9.17, 15) is 9.59 Å². The Bertz CT molecular complexity index is 842. The number of anilines is 1. The van der Waals surface area contributed by atoms with Crippen LogP contribution in [0.5, 0.6) is 0 Å². The summed E-state index contributed by atoms with van der Waals surface area (Å²) in [6, 6.07) is 15.5. The molecule has 29 heavy (non-hydrogen) atoms. The maximum atomic E-state index is 13.3. The van der Waals surface area contributed by atoms with Crippen molar-refractivity contribution in [1.82, 2.24) is 4.90 Å². The number of benzene rings is 2. The second kappa shape index (κ2) is 9.70. The Labute approximate surface area is 173 Å². The van der Waals surface area contributed by atoms with Gasteiger partial charge in [-0.3, -0.25) is 14.5 Å². The van der Waals surface area contributed by atoms with Gasteiger partial charge in [0.05, 0.1) is 12.5 Å². The van der Waals surface area contributed by atoms with Gasteiger partial charge in [0, 0.05) is 18.8 Å². The van der Waals surface area contributed by atoms with Gasteiger partial charge in [-0.25, -0.2) is 0 Å². The van der Waals surface area contributed by atoms with Crippen molar-refractivity contribution in [2.75, 3.05) is 25.0 Å². The molecule has 2 aromatic rings. The minimum Gasteiger partial charge on any atom is -0.466 e. The fourth-order valence-electron chi connectivity index (χ4n) is 3.89. The number of carbonyl (C=O) groups is 2. The number of hydrogen-bond acceptors (Lipinski definition) is 4. The molecule has 0 radical (unpaired) electrons. The molecule has 0 aromatic heterocycles. The minimum absolute atomic E-state index is 0.0421. The summed E-state index contributed by atoms with van der Waals surface area (Å²) in [7, 11) is 0. The summed E-state index contributed by atoms with van der Waals surface area (Å²) in [5, 5.41) is 3.13. The van der Waals surface area contributed by atoms with Crippen LogP contribution in [0.15, 0.2) is 48.5 Å². The maximum Gasteiger partial charge on any atom is 0.309 e. The van der Waals surface area contributed by atoms with E-state index in [0.29, 0.717) is 32.5 Å². The number of esters is 1. The maximum absolute atomic E-state index is 13.3. The topological polar surface area (TPSA) is 58.6 Å². The summed E-state index contributed by atoms with van der Waals surface area (Å²) in [5.74, 6) is -0.243. The number of hydrogen-bond donors (Lipinski definition) is 1. The Kier molecular flexibility index (Phi) is 7.04. The average Bonchev–Trinajstić information content (AvgIpc) is 2.72. The molecule has 0 spiro atoms. The largest absolute Gasteiger partial charge is 0.466 e. The van der Waals surface area contributed by atoms with Gasteiger partial charge in [0.15, 0.2) is 0 Å². The lowest BCUT2D eigenvalue weighted by atomic mass is 9.94. The summed E-state index contributed by atoms with van der Waals surface area (Å²) in [6.07, 6.45) is 1.41. The standard InChI is InChI=1S/C24H30N2O3/c1-4-29-24(28)20-12-14-26(15-13-20)22(19-8-6-5-7-9-19)23(27)25-21-16-17(2)10-11-18(21)3/h5-11,16,20,22H,4,12-15H2,1-3H3,(H,25,27)/t22-/m0/s1. The molecule has 1 saturated heterocycles. The van der Waals surface area contributed by atoms with Crippen molar-refractivity contribution >= 4 is 17.6 Å². The van der Waals surface area contributed by atoms with Gasteiger partial charge in [-0.2, -0.15) is 0 Å². The van der Waals surface area contributed by atoms with Crippen molar-refractivity contribution in [1.29, 1.82) is 0 Å². The number of amides is 1. The van der Waals surface area contributed by atoms with Gasteiger partial charge in [0.2, 0.25) is 5.91 Å². The first kappa shape index (κ1) is 21.1. The van der Waals surface area contributed by atoms with Crippen LogP contribution in [-0.4, -0.2) is 36.5 Å². The third kappa shape index (κ3) is 5.24. The quantitative estimate of drug-likeness (QED) is 0.744. The fraction of sp³-hybridized carbons (Fsp3) is 0.417. The highest BCUT2D eigenvalue weighted by molar-refractivity contribution is 5.96. The lowest BCUT2D eigenvalue weighted by Gasteiger charge is -2.36. The van der Waals surface area contributed by atoms with E-state index in [4.69, 9.17) is 4.74 Å². The monoisotopic (exact) mass is 394 g/mol. The smallest absolute Gasteiger partial charge is 0.309 e. The van der Waals surface area contributed by atoms with Gasteiger partial charge >= 0.3 is 5.97 Å². The summed E-state index contributed by atoms with van der Waals surface area (Å²) in [6.45, 7) is 7.62. The molecule has 5 heteroatoms. The van der Waals surface area contributed by atoms with Crippen molar-refractivity contribution in [2.24, 2.45) is 5.92 Å². The van der Waals surface area contributed by atoms with Gasteiger partial charge in [-0.15, -0.1) is 0 Å². The molecule has 1 heterocycles. The Hall–Kier alpha value is -2.66. The average molecular weight is 395 g/mol. The normalized spacial score (nSPS) is 16.2. The highest BCUT2D eigenvalue weighted by atomic mass is 16.5. The molecule has 0 saturated carbocycles. The third-order valence-electron chi connectivity index (χ3n) is 5.53. The van der Waals surface area contributed by atoms with E-state index in [1.807, 2.05) is 69.3 Å². The van der Waals surface area contributed by atoms with E-state index in [1.54, 1.807) is 0 Å². The molecule has 3 rings (SSSR count). The Morgan fingerprint density at radius 3 is 2.45 bits per heavy atom. The Morgan fingerprint density at radius 2 is 1.79 bits per heavy atom. The zero-order chi connectivity index (χ0) is 20.8. The highest BCUT2D eigenvalue weighted by Crippen LogP contribution is 2.29. The molecule has 1 N–H and O–H groups in total. The molecular weight excluding hydrogens is 364 g/mol. The summed E-state index contributed by atoms with van der Waals surface area (Å²) >= 11 is 0. The first-order valence-corrected chi connectivity index (χ1v) is 10.3. The summed E-state index contributed by atoms with van der Waals surface area (Å²) in [4.78, 5) is 27.6. The van der Waals surface area contributed by atoms with Crippen LogP contribution in [0.1, 0.15) is 42.5 Å². The number of ether oxygens (including phenoxy) is 1. The molecule has 5 nitrogen and oxygen atoms in total. The molecule has 1 fully saturated rings. The lowest BCUT2D eigenvalue weighted by molar-refractivity contribution is -0.149. The number of piperidine rings is 1. The van der Waals surface area contributed by atoms with Crippen LogP contribution in [0.3, 0.4) is 0 Å². The number of nitrogens with one attached hydrogen (secondary N) is 1. The Balaban J connectivity index is 1.78. The van der Waals surface area contributed by atoms with Crippen molar-refractivity contribution < 1.29 is 14.3 Å². The molecule has 1 aliphatic heterocycles. The van der Waals surface area contributed by atoms with E-state index in [2.05, 4.69) is 10.2 Å². The third-order valence-corrected chi connectivity index (χ3v) is 5.53. The van der Waals surface area contributed by atoms with Gasteiger partial charge in [-0.1, -0.05) is 42.5 Å². The van der Waals surface area contributed by atoms with Crippen LogP contribution in [0.4, 0.5) is 5.69 Å². The van der Waals surface area contributed by atoms with E-state index in [0.717, 1.165) is 22.4 Å². The molecule has 1 aliphatic rings. The summed E-state index contributed by atoms with van der Waals surface area (Å²) < 4.78 is 5.18. The molecule has 154 valence electrons. The number of carbonyl (C=O) groups excluding carboxylic acids is 2. The number of rotatable bonds is 6. The van der Waals surface area contributed by atoms with Gasteiger partial charge in [0.1, 0.15) is 6.04 Å². The van der Waals surface area contributed by atoms with Crippen LogP contribution in [0, 0.1) is 19.8 Å². The van der Waals surface area contributed by atoms with Crippen molar-refractivity contribution in [2.45, 2.75) is 39.7 Å². The second-order valence-corrected chi connectivity index (χ2v) is 7.68. The second-order valence-electron chi connectivity index (χ2n) is 7.68. The first-order chi connectivity index (χ1) is 14.0. The first-order valence-electron chi connectivity index (χ1n) is 10.3. The van der Waals surface area contributed by atoms with Crippen LogP contribution < -0.4 is 5.32 Å². The fourth-order valence-corrected chi connectivity index (χ4v) is 3.89. The minimum atomic E-state index is -0.390.